The summed E-state index contributed by atoms with van der Waals surface area (Å²) in [7, 11) is 0. The van der Waals surface area contributed by atoms with Crippen molar-refractivity contribution in [1.29, 1.82) is 0 Å². The van der Waals surface area contributed by atoms with Crippen LogP contribution in [0.1, 0.15) is 16.8 Å². The second-order valence-corrected chi connectivity index (χ2v) is 7.44. The molecule has 1 N–H and O–H groups in total. The van der Waals surface area contributed by atoms with Gasteiger partial charge in [-0.05, 0) is 36.4 Å². The molecular weight excluding hydrogens is 407 g/mol. The molecule has 1 aliphatic heterocycles. The highest BCUT2D eigenvalue weighted by molar-refractivity contribution is 6.31. The number of hydrogen-bond donors (Lipinski definition) is 1. The molecule has 0 atom stereocenters. The molecule has 0 saturated heterocycles. The van der Waals surface area contributed by atoms with Crippen LogP contribution in [-0.4, -0.2) is 21.4 Å². The zero-order chi connectivity index (χ0) is 19.8. The lowest BCUT2D eigenvalue weighted by molar-refractivity contribution is 0.238. The summed E-state index contributed by atoms with van der Waals surface area (Å²) in [6.07, 6.45) is 0.522. The standard InChI is InChI=1S/C20H15Cl2F2N3O/c21-12-3-1-11(2-4-12)19-25-17-7-8-27(10-14(17)20(28)26-19)9-13-15(23)5-6-16(24)18(13)22/h1-6H,7-10H2,(H,25,26,28). The molecule has 3 aromatic rings. The molecule has 0 aliphatic carbocycles. The lowest BCUT2D eigenvalue weighted by Crippen LogP contribution is -2.35. The molecule has 0 radical (unpaired) electrons. The molecule has 4 rings (SSSR count). The molecule has 0 saturated carbocycles. The van der Waals surface area contributed by atoms with Gasteiger partial charge in [0.15, 0.2) is 0 Å². The van der Waals surface area contributed by atoms with Crippen molar-refractivity contribution >= 4 is 23.2 Å². The summed E-state index contributed by atoms with van der Waals surface area (Å²) >= 11 is 11.8. The number of aromatic nitrogens is 2. The minimum absolute atomic E-state index is 0.0901. The zero-order valence-electron chi connectivity index (χ0n) is 14.6. The van der Waals surface area contributed by atoms with Crippen molar-refractivity contribution < 1.29 is 8.78 Å². The van der Waals surface area contributed by atoms with Crippen molar-refractivity contribution in [3.8, 4) is 11.4 Å². The third kappa shape index (κ3) is 3.68. The Hall–Kier alpha value is -2.28. The fraction of sp³-hybridized carbons (Fsp3) is 0.200. The van der Waals surface area contributed by atoms with E-state index in [4.69, 9.17) is 23.2 Å². The predicted octanol–water partition coefficient (Wildman–Crippen LogP) is 4.58. The van der Waals surface area contributed by atoms with Crippen molar-refractivity contribution in [3.05, 3.63) is 85.3 Å². The summed E-state index contributed by atoms with van der Waals surface area (Å²) < 4.78 is 27.7. The van der Waals surface area contributed by atoms with Gasteiger partial charge in [-0.2, -0.15) is 0 Å². The number of H-pyrrole nitrogens is 1. The van der Waals surface area contributed by atoms with Gasteiger partial charge in [-0.1, -0.05) is 23.2 Å². The maximum Gasteiger partial charge on any atom is 0.255 e. The van der Waals surface area contributed by atoms with E-state index >= 15 is 0 Å². The van der Waals surface area contributed by atoms with Crippen LogP contribution in [0.2, 0.25) is 10.0 Å². The monoisotopic (exact) mass is 421 g/mol. The van der Waals surface area contributed by atoms with Gasteiger partial charge in [0.25, 0.3) is 5.56 Å². The molecular formula is C20H15Cl2F2N3O. The molecule has 144 valence electrons. The lowest BCUT2D eigenvalue weighted by atomic mass is 10.0. The summed E-state index contributed by atoms with van der Waals surface area (Å²) in [4.78, 5) is 21.8. The number of halogens is 4. The highest BCUT2D eigenvalue weighted by atomic mass is 35.5. The molecule has 0 bridgehead atoms. The van der Waals surface area contributed by atoms with Crippen LogP contribution in [-0.2, 0) is 19.5 Å². The molecule has 2 heterocycles. The first kappa shape index (κ1) is 19.1. The largest absolute Gasteiger partial charge is 0.306 e. The minimum Gasteiger partial charge on any atom is -0.306 e. The Morgan fingerprint density at radius 3 is 2.54 bits per heavy atom. The van der Waals surface area contributed by atoms with Crippen molar-refractivity contribution in [2.45, 2.75) is 19.5 Å². The second kappa shape index (κ2) is 7.62. The van der Waals surface area contributed by atoms with Crippen molar-refractivity contribution in [2.75, 3.05) is 6.54 Å². The molecule has 0 unspecified atom stereocenters. The topological polar surface area (TPSA) is 49.0 Å². The third-order valence-corrected chi connectivity index (χ3v) is 5.45. The van der Waals surface area contributed by atoms with Crippen LogP contribution in [0.25, 0.3) is 11.4 Å². The van der Waals surface area contributed by atoms with Gasteiger partial charge in [0.1, 0.15) is 17.5 Å². The van der Waals surface area contributed by atoms with E-state index in [9.17, 15) is 13.6 Å². The van der Waals surface area contributed by atoms with Gasteiger partial charge in [0, 0.05) is 42.2 Å². The van der Waals surface area contributed by atoms with Crippen LogP contribution in [0.3, 0.4) is 0 Å². The molecule has 0 spiro atoms. The molecule has 0 amide bonds. The van der Waals surface area contributed by atoms with Crippen LogP contribution < -0.4 is 5.56 Å². The predicted molar refractivity (Wildman–Crippen MR) is 104 cm³/mol. The Kier molecular flexibility index (Phi) is 5.19. The van der Waals surface area contributed by atoms with Crippen molar-refractivity contribution in [2.24, 2.45) is 0 Å². The van der Waals surface area contributed by atoms with Crippen molar-refractivity contribution in [3.63, 3.8) is 0 Å². The van der Waals surface area contributed by atoms with E-state index in [1.54, 1.807) is 24.3 Å². The Morgan fingerprint density at radius 2 is 1.79 bits per heavy atom. The van der Waals surface area contributed by atoms with Gasteiger partial charge in [-0.25, -0.2) is 13.8 Å². The Bertz CT molecular complexity index is 1100. The first-order valence-corrected chi connectivity index (χ1v) is 9.40. The fourth-order valence-electron chi connectivity index (χ4n) is 3.30. The quantitative estimate of drug-likeness (QED) is 0.629. The highest BCUT2D eigenvalue weighted by Crippen LogP contribution is 2.26. The molecule has 1 aliphatic rings. The summed E-state index contributed by atoms with van der Waals surface area (Å²) in [5.41, 5.74) is 1.84. The zero-order valence-corrected chi connectivity index (χ0v) is 16.1. The van der Waals surface area contributed by atoms with Gasteiger partial charge in [-0.15, -0.1) is 0 Å². The lowest BCUT2D eigenvalue weighted by Gasteiger charge is -2.28. The van der Waals surface area contributed by atoms with Gasteiger partial charge < -0.3 is 4.98 Å². The summed E-state index contributed by atoms with van der Waals surface area (Å²) in [5, 5.41) is 0.374. The SMILES string of the molecule is O=c1[nH]c(-c2ccc(Cl)cc2)nc2c1CN(Cc1c(F)ccc(F)c1Cl)CC2. The number of nitrogens with one attached hydrogen (secondary N) is 1. The number of aromatic amines is 1. The number of benzene rings is 2. The highest BCUT2D eigenvalue weighted by Gasteiger charge is 2.23. The smallest absolute Gasteiger partial charge is 0.255 e. The van der Waals surface area contributed by atoms with E-state index in [2.05, 4.69) is 9.97 Å². The van der Waals surface area contributed by atoms with Gasteiger partial charge >= 0.3 is 0 Å². The van der Waals surface area contributed by atoms with Crippen molar-refractivity contribution in [1.82, 2.24) is 14.9 Å². The fourth-order valence-corrected chi connectivity index (χ4v) is 3.64. The van der Waals surface area contributed by atoms with E-state index in [0.29, 0.717) is 35.1 Å². The molecule has 0 fully saturated rings. The second-order valence-electron chi connectivity index (χ2n) is 6.63. The minimum atomic E-state index is -0.664. The van der Waals surface area contributed by atoms with E-state index in [1.807, 2.05) is 4.90 Å². The maximum absolute atomic E-state index is 14.1. The molecule has 4 nitrogen and oxygen atoms in total. The molecule has 8 heteroatoms. The molecule has 1 aromatic heterocycles. The van der Waals surface area contributed by atoms with Crippen LogP contribution in [0.15, 0.2) is 41.2 Å². The van der Waals surface area contributed by atoms with E-state index in [0.717, 1.165) is 17.7 Å². The van der Waals surface area contributed by atoms with Gasteiger partial charge in [0.2, 0.25) is 0 Å². The average Bonchev–Trinajstić information content (AvgIpc) is 2.69. The first-order valence-electron chi connectivity index (χ1n) is 8.65. The van der Waals surface area contributed by atoms with Crippen LogP contribution >= 0.6 is 23.2 Å². The number of nitrogens with zero attached hydrogens (tertiary/aromatic N) is 2. The van der Waals surface area contributed by atoms with Crippen LogP contribution in [0.5, 0.6) is 0 Å². The normalized spacial score (nSPS) is 14.1. The number of rotatable bonds is 3. The third-order valence-electron chi connectivity index (χ3n) is 4.79. The number of hydrogen-bond acceptors (Lipinski definition) is 3. The summed E-state index contributed by atoms with van der Waals surface area (Å²) in [5.74, 6) is -0.752. The maximum atomic E-state index is 14.1. The Morgan fingerprint density at radius 1 is 1.07 bits per heavy atom. The van der Waals surface area contributed by atoms with Gasteiger partial charge in [0.05, 0.1) is 16.3 Å². The van der Waals surface area contributed by atoms with Crippen LogP contribution in [0, 0.1) is 11.6 Å². The van der Waals surface area contributed by atoms with E-state index < -0.39 is 11.6 Å². The molecule has 2 aromatic carbocycles. The summed E-state index contributed by atoms with van der Waals surface area (Å²) in [6.45, 7) is 0.945. The van der Waals surface area contributed by atoms with Gasteiger partial charge in [-0.3, -0.25) is 9.69 Å². The van der Waals surface area contributed by atoms with E-state index in [-0.39, 0.29) is 29.2 Å². The number of fused-ring (bicyclic) bond motifs is 1. The Labute approximate surface area is 169 Å². The van der Waals surface area contributed by atoms with E-state index in [1.165, 1.54) is 0 Å². The molecule has 28 heavy (non-hydrogen) atoms. The summed E-state index contributed by atoms with van der Waals surface area (Å²) in [6, 6.07) is 9.10. The Balaban J connectivity index is 1.61. The average molecular weight is 422 g/mol. The van der Waals surface area contributed by atoms with Crippen LogP contribution in [0.4, 0.5) is 8.78 Å². The first-order chi connectivity index (χ1) is 13.4.